The molecule has 0 aromatic heterocycles. The summed E-state index contributed by atoms with van der Waals surface area (Å²) in [6, 6.07) is 9.84. The van der Waals surface area contributed by atoms with E-state index < -0.39 is 5.67 Å². The van der Waals surface area contributed by atoms with Gasteiger partial charge in [-0.3, -0.25) is 4.79 Å². The predicted octanol–water partition coefficient (Wildman–Crippen LogP) is 2.00. The first-order valence-electron chi connectivity index (χ1n) is 5.62. The Balaban J connectivity index is 1.70. The van der Waals surface area contributed by atoms with Crippen LogP contribution in [0.4, 0.5) is 4.39 Å². The number of alkyl halides is 1. The van der Waals surface area contributed by atoms with Crippen molar-refractivity contribution in [2.24, 2.45) is 11.8 Å². The Morgan fingerprint density at radius 1 is 1.44 bits per heavy atom. The van der Waals surface area contributed by atoms with E-state index in [0.29, 0.717) is 13.1 Å². The molecule has 3 unspecified atom stereocenters. The second-order valence-electron chi connectivity index (χ2n) is 4.94. The maximum Gasteiger partial charge on any atom is 0.229 e. The van der Waals surface area contributed by atoms with Gasteiger partial charge in [0.05, 0.1) is 5.92 Å². The summed E-state index contributed by atoms with van der Waals surface area (Å²) in [5.41, 5.74) is -0.123. The molecule has 3 heteroatoms. The minimum Gasteiger partial charge on any atom is -0.338 e. The molecule has 3 rings (SSSR count). The van der Waals surface area contributed by atoms with E-state index in [0.717, 1.165) is 5.56 Å². The molecule has 0 spiro atoms. The van der Waals surface area contributed by atoms with Gasteiger partial charge < -0.3 is 4.90 Å². The lowest BCUT2D eigenvalue weighted by Gasteiger charge is -2.20. The number of fused-ring (bicyclic) bond motifs is 1. The molecule has 84 valence electrons. The molecule has 2 fully saturated rings. The smallest absolute Gasteiger partial charge is 0.229 e. The Morgan fingerprint density at radius 2 is 2.12 bits per heavy atom. The first-order valence-corrected chi connectivity index (χ1v) is 5.62. The third-order valence-electron chi connectivity index (χ3n) is 3.84. The molecule has 0 N–H and O–H groups in total. The fourth-order valence-corrected chi connectivity index (χ4v) is 2.73. The third kappa shape index (κ3) is 1.27. The second-order valence-corrected chi connectivity index (χ2v) is 4.94. The van der Waals surface area contributed by atoms with Crippen LogP contribution in [0.25, 0.3) is 0 Å². The predicted molar refractivity (Wildman–Crippen MR) is 58.4 cm³/mol. The zero-order valence-corrected chi connectivity index (χ0v) is 9.19. The minimum absolute atomic E-state index is 0.0150. The van der Waals surface area contributed by atoms with Crippen LogP contribution in [0.1, 0.15) is 12.5 Å². The fraction of sp³-hybridized carbons (Fsp3) is 0.462. The average Bonchev–Trinajstić information content (AvgIpc) is 2.62. The largest absolute Gasteiger partial charge is 0.338 e. The molecular formula is C13H14FNO. The first kappa shape index (κ1) is 9.82. The van der Waals surface area contributed by atoms with Gasteiger partial charge in [-0.05, 0) is 12.5 Å². The van der Waals surface area contributed by atoms with Crippen molar-refractivity contribution in [3.63, 3.8) is 0 Å². The van der Waals surface area contributed by atoms with Crippen molar-refractivity contribution in [3.05, 3.63) is 35.9 Å². The highest BCUT2D eigenvalue weighted by molar-refractivity contribution is 5.87. The van der Waals surface area contributed by atoms with Crippen molar-refractivity contribution >= 4 is 5.91 Å². The van der Waals surface area contributed by atoms with Crippen LogP contribution in [0.15, 0.2) is 30.3 Å². The number of hydrogen-bond acceptors (Lipinski definition) is 1. The number of likely N-dealkylation sites (tertiary alicyclic amines) is 1. The van der Waals surface area contributed by atoms with Crippen LogP contribution >= 0.6 is 0 Å². The summed E-state index contributed by atoms with van der Waals surface area (Å²) in [6.45, 7) is 2.73. The molecule has 2 nitrogen and oxygen atoms in total. The van der Waals surface area contributed by atoms with E-state index >= 15 is 0 Å². The van der Waals surface area contributed by atoms with Gasteiger partial charge in [0, 0.05) is 19.0 Å². The molecule has 1 amide bonds. The Morgan fingerprint density at radius 3 is 2.69 bits per heavy atom. The number of rotatable bonds is 2. The van der Waals surface area contributed by atoms with Crippen molar-refractivity contribution in [3.8, 4) is 0 Å². The number of benzene rings is 1. The fourth-order valence-electron chi connectivity index (χ4n) is 2.73. The zero-order valence-electron chi connectivity index (χ0n) is 9.19. The molecule has 1 heterocycles. The number of hydrogen-bond donors (Lipinski definition) is 0. The van der Waals surface area contributed by atoms with E-state index in [2.05, 4.69) is 0 Å². The van der Waals surface area contributed by atoms with E-state index in [9.17, 15) is 9.18 Å². The first-order chi connectivity index (χ1) is 7.60. The topological polar surface area (TPSA) is 20.3 Å². The minimum atomic E-state index is -1.23. The van der Waals surface area contributed by atoms with Gasteiger partial charge in [-0.25, -0.2) is 4.39 Å². The molecule has 16 heavy (non-hydrogen) atoms. The summed E-state index contributed by atoms with van der Waals surface area (Å²) in [4.78, 5) is 13.6. The molecule has 1 aliphatic carbocycles. The number of carbonyl (C=O) groups is 1. The Hall–Kier alpha value is -1.38. The van der Waals surface area contributed by atoms with Crippen LogP contribution in [0, 0.1) is 11.8 Å². The lowest BCUT2D eigenvalue weighted by Crippen LogP contribution is -2.32. The molecule has 1 aliphatic heterocycles. The highest BCUT2D eigenvalue weighted by Crippen LogP contribution is 2.58. The zero-order chi connectivity index (χ0) is 11.3. The molecule has 0 bridgehead atoms. The number of nitrogens with zero attached hydrogens (tertiary/aromatic N) is 1. The van der Waals surface area contributed by atoms with E-state index in [-0.39, 0.29) is 17.7 Å². The second kappa shape index (κ2) is 3.06. The highest BCUT2D eigenvalue weighted by Gasteiger charge is 2.71. The maximum absolute atomic E-state index is 13.6. The average molecular weight is 219 g/mol. The summed E-state index contributed by atoms with van der Waals surface area (Å²) in [5.74, 6) is -0.446. The van der Waals surface area contributed by atoms with Gasteiger partial charge in [-0.15, -0.1) is 0 Å². The lowest BCUT2D eigenvalue weighted by atomic mass is 10.2. The van der Waals surface area contributed by atoms with Crippen molar-refractivity contribution < 1.29 is 9.18 Å². The number of halogens is 1. The van der Waals surface area contributed by atoms with E-state index in [4.69, 9.17) is 0 Å². The molecule has 1 aromatic rings. The van der Waals surface area contributed by atoms with Gasteiger partial charge in [-0.1, -0.05) is 30.3 Å². The quantitative estimate of drug-likeness (QED) is 0.745. The van der Waals surface area contributed by atoms with Gasteiger partial charge >= 0.3 is 0 Å². The van der Waals surface area contributed by atoms with Gasteiger partial charge in [0.2, 0.25) is 5.91 Å². The van der Waals surface area contributed by atoms with Gasteiger partial charge in [0.25, 0.3) is 0 Å². The number of piperidine rings is 1. The molecule has 0 radical (unpaired) electrons. The molecule has 1 saturated carbocycles. The lowest BCUT2D eigenvalue weighted by molar-refractivity contribution is -0.132. The number of carbonyl (C=O) groups excluding carboxylic acids is 1. The van der Waals surface area contributed by atoms with Crippen LogP contribution in [0.3, 0.4) is 0 Å². The summed E-state index contributed by atoms with van der Waals surface area (Å²) < 4.78 is 13.6. The number of amides is 1. The Kier molecular flexibility index (Phi) is 1.88. The maximum atomic E-state index is 13.6. The Labute approximate surface area is 94.1 Å². The van der Waals surface area contributed by atoms with Gasteiger partial charge in [0.15, 0.2) is 0 Å². The summed E-state index contributed by atoms with van der Waals surface area (Å²) in [5, 5.41) is 0. The van der Waals surface area contributed by atoms with E-state index in [1.165, 1.54) is 0 Å². The van der Waals surface area contributed by atoms with Crippen molar-refractivity contribution in [2.75, 3.05) is 6.54 Å². The summed E-state index contributed by atoms with van der Waals surface area (Å²) in [6.07, 6.45) is 0. The summed E-state index contributed by atoms with van der Waals surface area (Å²) in [7, 11) is 0. The van der Waals surface area contributed by atoms with Crippen molar-refractivity contribution in [1.29, 1.82) is 0 Å². The van der Waals surface area contributed by atoms with E-state index in [1.54, 1.807) is 11.8 Å². The van der Waals surface area contributed by atoms with Crippen LogP contribution in [-0.2, 0) is 11.3 Å². The van der Waals surface area contributed by atoms with Gasteiger partial charge in [-0.2, -0.15) is 0 Å². The molecule has 1 aromatic carbocycles. The van der Waals surface area contributed by atoms with Crippen LogP contribution in [0.2, 0.25) is 0 Å². The van der Waals surface area contributed by atoms with E-state index in [1.807, 2.05) is 30.3 Å². The van der Waals surface area contributed by atoms with Crippen LogP contribution in [-0.4, -0.2) is 23.0 Å². The van der Waals surface area contributed by atoms with Crippen LogP contribution < -0.4 is 0 Å². The standard InChI is InChI=1S/C13H14FNO/c1-13(14)10-8-15(12(16)11(10)13)7-9-5-3-2-4-6-9/h2-6,10-11H,7-8H2,1H3. The molecule has 1 saturated heterocycles. The molecular weight excluding hydrogens is 205 g/mol. The van der Waals surface area contributed by atoms with Crippen LogP contribution in [0.5, 0.6) is 0 Å². The van der Waals surface area contributed by atoms with Crippen molar-refractivity contribution in [2.45, 2.75) is 19.1 Å². The third-order valence-corrected chi connectivity index (χ3v) is 3.84. The normalized spacial score (nSPS) is 36.4. The van der Waals surface area contributed by atoms with Crippen molar-refractivity contribution in [1.82, 2.24) is 4.90 Å². The summed E-state index contributed by atoms with van der Waals surface area (Å²) >= 11 is 0. The molecule has 3 atom stereocenters. The SMILES string of the molecule is CC1(F)C2CN(Cc3ccccc3)C(=O)C21. The Bertz CT molecular complexity index is 429. The van der Waals surface area contributed by atoms with Gasteiger partial charge in [0.1, 0.15) is 5.67 Å². The highest BCUT2D eigenvalue weighted by atomic mass is 19.1. The molecule has 2 aliphatic rings. The monoisotopic (exact) mass is 219 g/mol.